The third-order valence-electron chi connectivity index (χ3n) is 8.12. The number of aromatic hydroxyl groups is 1. The number of benzene rings is 2. The maximum absolute atomic E-state index is 13.9. The predicted molar refractivity (Wildman–Crippen MR) is 135 cm³/mol. The number of anilines is 1. The molecule has 1 saturated heterocycles. The molecule has 4 atom stereocenters. The molecule has 2 aromatic rings. The minimum absolute atomic E-state index is 0.0134. The van der Waals surface area contributed by atoms with Crippen molar-refractivity contribution < 1.29 is 34.2 Å². The number of Topliss-reactive ketones (excluding diaryl/α,β-unsaturated/α-hetero) is 1. The molecule has 0 bridgehead atoms. The minimum Gasteiger partial charge on any atom is -0.508 e. The number of carbonyl (C=O) groups excluding carboxylic acids is 4. The van der Waals surface area contributed by atoms with Gasteiger partial charge in [-0.3, -0.25) is 24.1 Å². The van der Waals surface area contributed by atoms with Crippen molar-refractivity contribution in [2.75, 3.05) is 4.90 Å². The molecule has 8 nitrogen and oxygen atoms in total. The molecule has 3 aliphatic carbocycles. The summed E-state index contributed by atoms with van der Waals surface area (Å²) in [5.41, 5.74) is 2.61. The third-order valence-corrected chi connectivity index (χ3v) is 8.12. The van der Waals surface area contributed by atoms with Gasteiger partial charge in [0.1, 0.15) is 5.75 Å². The second-order valence-corrected chi connectivity index (χ2v) is 10.2. The van der Waals surface area contributed by atoms with E-state index in [0.717, 1.165) is 10.5 Å². The highest BCUT2D eigenvalue weighted by molar-refractivity contribution is 6.25. The summed E-state index contributed by atoms with van der Waals surface area (Å²) < 4.78 is 0. The van der Waals surface area contributed by atoms with Crippen molar-refractivity contribution in [2.45, 2.75) is 25.7 Å². The second kappa shape index (κ2) is 8.48. The monoisotopic (exact) mass is 509 g/mol. The summed E-state index contributed by atoms with van der Waals surface area (Å²) >= 11 is 0. The number of imide groups is 1. The Hall–Kier alpha value is -4.59. The van der Waals surface area contributed by atoms with Crippen LogP contribution in [0.25, 0.3) is 0 Å². The van der Waals surface area contributed by atoms with Crippen LogP contribution >= 0.6 is 0 Å². The molecular formula is C30H23NO7. The van der Waals surface area contributed by atoms with Crippen molar-refractivity contribution in [3.05, 3.63) is 94.1 Å². The van der Waals surface area contributed by atoms with E-state index in [0.29, 0.717) is 22.3 Å². The maximum Gasteiger partial charge on any atom is 0.335 e. The van der Waals surface area contributed by atoms with E-state index in [4.69, 9.17) is 0 Å². The molecule has 4 aliphatic rings. The van der Waals surface area contributed by atoms with Crippen LogP contribution in [0.1, 0.15) is 41.6 Å². The average molecular weight is 510 g/mol. The predicted octanol–water partition coefficient (Wildman–Crippen LogP) is 3.72. The molecule has 1 fully saturated rings. The highest BCUT2D eigenvalue weighted by Gasteiger charge is 2.56. The standard InChI is InChI=1S/C30H23NO7/c1-14-10-23(33)22-13-21-19(24(26(22)27(14)34)15-4-3-7-18(32)12-15)8-9-20-25(21)29(36)31(28(20)35)17-6-2-5-16(11-17)30(37)38/h2-8,10-12,20-21,24-25,32H,9,13H2,1H3,(H,37,38). The largest absolute Gasteiger partial charge is 0.508 e. The number of phenolic OH excluding ortho intramolecular Hbond substituents is 1. The number of hydrogen-bond acceptors (Lipinski definition) is 6. The van der Waals surface area contributed by atoms with E-state index < -0.39 is 41.5 Å². The van der Waals surface area contributed by atoms with E-state index in [1.165, 1.54) is 36.4 Å². The lowest BCUT2D eigenvalue weighted by atomic mass is 9.59. The van der Waals surface area contributed by atoms with Crippen LogP contribution in [0.4, 0.5) is 5.69 Å². The van der Waals surface area contributed by atoms with Gasteiger partial charge in [-0.1, -0.05) is 29.8 Å². The van der Waals surface area contributed by atoms with Crippen LogP contribution in [-0.2, 0) is 19.2 Å². The van der Waals surface area contributed by atoms with E-state index in [-0.39, 0.29) is 41.4 Å². The van der Waals surface area contributed by atoms with Crippen LogP contribution < -0.4 is 4.90 Å². The molecule has 0 saturated carbocycles. The fraction of sp³-hybridized carbons (Fsp3) is 0.233. The summed E-state index contributed by atoms with van der Waals surface area (Å²) in [6.45, 7) is 1.60. The lowest BCUT2D eigenvalue weighted by molar-refractivity contribution is -0.123. The van der Waals surface area contributed by atoms with Crippen LogP contribution in [0.15, 0.2) is 83.0 Å². The first kappa shape index (κ1) is 23.8. The molecule has 0 radical (unpaired) electrons. The quantitative estimate of drug-likeness (QED) is 0.366. The van der Waals surface area contributed by atoms with Crippen LogP contribution in [0.3, 0.4) is 0 Å². The fourth-order valence-corrected chi connectivity index (χ4v) is 6.48. The average Bonchev–Trinajstić information content (AvgIpc) is 3.15. The zero-order chi connectivity index (χ0) is 26.9. The lowest BCUT2D eigenvalue weighted by Crippen LogP contribution is -2.39. The van der Waals surface area contributed by atoms with Gasteiger partial charge in [-0.05, 0) is 67.7 Å². The van der Waals surface area contributed by atoms with E-state index >= 15 is 0 Å². The summed E-state index contributed by atoms with van der Waals surface area (Å²) in [6, 6.07) is 12.2. The number of carboxylic acids is 1. The van der Waals surface area contributed by atoms with E-state index in [1.54, 1.807) is 25.1 Å². The Labute approximate surface area is 217 Å². The zero-order valence-electron chi connectivity index (χ0n) is 20.4. The first-order valence-corrected chi connectivity index (χ1v) is 12.4. The number of allylic oxidation sites excluding steroid dienone is 6. The van der Waals surface area contributed by atoms with Crippen molar-refractivity contribution in [3.8, 4) is 5.75 Å². The number of carbonyl (C=O) groups is 5. The molecule has 2 N–H and O–H groups in total. The molecule has 4 unspecified atom stereocenters. The minimum atomic E-state index is -1.17. The number of ketones is 2. The summed E-state index contributed by atoms with van der Waals surface area (Å²) in [4.78, 5) is 66.4. The van der Waals surface area contributed by atoms with E-state index in [1.807, 2.05) is 6.08 Å². The van der Waals surface area contributed by atoms with Crippen LogP contribution in [0.2, 0.25) is 0 Å². The first-order valence-electron chi connectivity index (χ1n) is 12.4. The highest BCUT2D eigenvalue weighted by atomic mass is 16.4. The lowest BCUT2D eigenvalue weighted by Gasteiger charge is -2.42. The molecule has 38 heavy (non-hydrogen) atoms. The number of rotatable bonds is 3. The Bertz CT molecular complexity index is 1580. The van der Waals surface area contributed by atoms with Gasteiger partial charge < -0.3 is 10.2 Å². The number of nitrogens with zero attached hydrogens (tertiary/aromatic N) is 1. The van der Waals surface area contributed by atoms with Crippen LogP contribution in [-0.4, -0.2) is 39.6 Å². The van der Waals surface area contributed by atoms with Gasteiger partial charge in [0.15, 0.2) is 11.6 Å². The normalized spacial score (nSPS) is 26.5. The molecule has 0 aromatic heterocycles. The smallest absolute Gasteiger partial charge is 0.335 e. The Kier molecular flexibility index (Phi) is 5.31. The summed E-state index contributed by atoms with van der Waals surface area (Å²) in [5.74, 6) is -5.11. The van der Waals surface area contributed by atoms with E-state index in [2.05, 4.69) is 0 Å². The Balaban J connectivity index is 1.47. The molecule has 2 aromatic carbocycles. The molecule has 1 heterocycles. The molecule has 190 valence electrons. The summed E-state index contributed by atoms with van der Waals surface area (Å²) in [5, 5.41) is 19.6. The third kappa shape index (κ3) is 3.40. The van der Waals surface area contributed by atoms with Gasteiger partial charge in [-0.15, -0.1) is 0 Å². The van der Waals surface area contributed by atoms with Crippen molar-refractivity contribution in [1.29, 1.82) is 0 Å². The number of aromatic carboxylic acids is 1. The number of phenols is 1. The maximum atomic E-state index is 13.9. The van der Waals surface area contributed by atoms with Crippen LogP contribution in [0.5, 0.6) is 5.75 Å². The second-order valence-electron chi connectivity index (χ2n) is 10.2. The molecule has 8 heteroatoms. The Morgan fingerprint density at radius 2 is 1.74 bits per heavy atom. The molecule has 2 amide bonds. The molecular weight excluding hydrogens is 486 g/mol. The fourth-order valence-electron chi connectivity index (χ4n) is 6.48. The van der Waals surface area contributed by atoms with Gasteiger partial charge in [0.25, 0.3) is 0 Å². The van der Waals surface area contributed by atoms with E-state index in [9.17, 15) is 34.2 Å². The number of fused-ring (bicyclic) bond motifs is 3. The molecule has 6 rings (SSSR count). The van der Waals surface area contributed by atoms with Gasteiger partial charge in [-0.25, -0.2) is 4.79 Å². The highest BCUT2D eigenvalue weighted by Crippen LogP contribution is 2.55. The number of amides is 2. The van der Waals surface area contributed by atoms with Gasteiger partial charge in [0, 0.05) is 22.6 Å². The van der Waals surface area contributed by atoms with Gasteiger partial charge in [0.05, 0.1) is 23.1 Å². The molecule has 1 aliphatic heterocycles. The Morgan fingerprint density at radius 1 is 0.974 bits per heavy atom. The van der Waals surface area contributed by atoms with Gasteiger partial charge >= 0.3 is 5.97 Å². The van der Waals surface area contributed by atoms with Crippen LogP contribution in [0, 0.1) is 17.8 Å². The van der Waals surface area contributed by atoms with Gasteiger partial charge in [0.2, 0.25) is 11.8 Å². The zero-order valence-corrected chi connectivity index (χ0v) is 20.4. The number of carboxylic acid groups (broad SMARTS) is 1. The van der Waals surface area contributed by atoms with Crippen molar-refractivity contribution >= 4 is 35.0 Å². The topological polar surface area (TPSA) is 129 Å². The van der Waals surface area contributed by atoms with Crippen molar-refractivity contribution in [1.82, 2.24) is 0 Å². The van der Waals surface area contributed by atoms with Gasteiger partial charge in [-0.2, -0.15) is 0 Å². The first-order chi connectivity index (χ1) is 18.2. The Morgan fingerprint density at radius 3 is 2.47 bits per heavy atom. The van der Waals surface area contributed by atoms with Crippen molar-refractivity contribution in [2.24, 2.45) is 17.8 Å². The summed E-state index contributed by atoms with van der Waals surface area (Å²) in [7, 11) is 0. The molecule has 0 spiro atoms. The number of hydrogen-bond donors (Lipinski definition) is 2. The SMILES string of the molecule is CC1=CC(=O)C2=C(C1=O)C(c1cccc(O)c1)C1=CCC3C(=O)N(c4cccc(C(=O)O)c4)C(=O)C3C1C2. The summed E-state index contributed by atoms with van der Waals surface area (Å²) in [6.07, 6.45) is 3.64. The van der Waals surface area contributed by atoms with Crippen molar-refractivity contribution in [3.63, 3.8) is 0 Å².